The topological polar surface area (TPSA) is 73.9 Å². The summed E-state index contributed by atoms with van der Waals surface area (Å²) < 4.78 is 15.5. The number of esters is 1. The number of methoxy groups -OCH3 is 2. The lowest BCUT2D eigenvalue weighted by Gasteiger charge is -2.14. The van der Waals surface area contributed by atoms with Crippen LogP contribution in [0.4, 0.5) is 5.69 Å². The number of carbonyl (C=O) groups excluding carboxylic acids is 2. The predicted octanol–water partition coefficient (Wildman–Crippen LogP) is 4.00. The smallest absolute Gasteiger partial charge is 0.338 e. The molecule has 0 aliphatic heterocycles. The highest BCUT2D eigenvalue weighted by molar-refractivity contribution is 8.00. The summed E-state index contributed by atoms with van der Waals surface area (Å²) in [5.41, 5.74) is 0.945. The monoisotopic (exact) mass is 389 g/mol. The fraction of sp³-hybridized carbons (Fsp3) is 0.300. The predicted molar refractivity (Wildman–Crippen MR) is 106 cm³/mol. The molecular weight excluding hydrogens is 366 g/mol. The molecule has 0 saturated heterocycles. The molecule has 0 aliphatic carbocycles. The molecule has 1 atom stereocenters. The van der Waals surface area contributed by atoms with Crippen LogP contribution in [0.3, 0.4) is 0 Å². The van der Waals surface area contributed by atoms with Crippen LogP contribution in [0.2, 0.25) is 0 Å². The average Bonchev–Trinajstić information content (AvgIpc) is 2.68. The Labute approximate surface area is 163 Å². The molecule has 1 N–H and O–H groups in total. The first-order valence-corrected chi connectivity index (χ1v) is 9.33. The summed E-state index contributed by atoms with van der Waals surface area (Å²) in [7, 11) is 3.14. The lowest BCUT2D eigenvalue weighted by atomic mass is 10.2. The summed E-state index contributed by atoms with van der Waals surface area (Å²) in [4.78, 5) is 25.2. The zero-order valence-corrected chi connectivity index (χ0v) is 16.6. The van der Waals surface area contributed by atoms with E-state index in [1.54, 1.807) is 51.5 Å². The van der Waals surface area contributed by atoms with Gasteiger partial charge in [0.1, 0.15) is 0 Å². The molecule has 0 aromatic heterocycles. The van der Waals surface area contributed by atoms with Crippen LogP contribution in [-0.4, -0.2) is 38.0 Å². The van der Waals surface area contributed by atoms with Crippen molar-refractivity contribution in [1.29, 1.82) is 0 Å². The van der Waals surface area contributed by atoms with Gasteiger partial charge in [0.25, 0.3) is 0 Å². The van der Waals surface area contributed by atoms with Gasteiger partial charge in [-0.2, -0.15) is 0 Å². The third-order valence-corrected chi connectivity index (χ3v) is 4.77. The minimum Gasteiger partial charge on any atom is -0.493 e. The van der Waals surface area contributed by atoms with E-state index in [0.717, 1.165) is 4.90 Å². The molecule has 27 heavy (non-hydrogen) atoms. The van der Waals surface area contributed by atoms with Crippen LogP contribution >= 0.6 is 11.8 Å². The van der Waals surface area contributed by atoms with Crippen LogP contribution in [0.25, 0.3) is 0 Å². The number of nitrogens with one attached hydrogen (secondary N) is 1. The second kappa shape index (κ2) is 9.87. The summed E-state index contributed by atoms with van der Waals surface area (Å²) in [6.45, 7) is 3.86. The highest BCUT2D eigenvalue weighted by Gasteiger charge is 2.17. The molecule has 0 aliphatic rings. The van der Waals surface area contributed by atoms with Gasteiger partial charge in [-0.1, -0.05) is 6.07 Å². The van der Waals surface area contributed by atoms with Gasteiger partial charge in [-0.05, 0) is 50.2 Å². The van der Waals surface area contributed by atoms with Gasteiger partial charge < -0.3 is 19.5 Å². The van der Waals surface area contributed by atoms with E-state index in [1.807, 2.05) is 19.1 Å². The molecule has 7 heteroatoms. The molecule has 0 saturated carbocycles. The molecular formula is C20H23NO5S. The molecule has 0 bridgehead atoms. The number of ether oxygens (including phenoxy) is 3. The highest BCUT2D eigenvalue weighted by atomic mass is 32.2. The van der Waals surface area contributed by atoms with E-state index >= 15 is 0 Å². The van der Waals surface area contributed by atoms with Crippen molar-refractivity contribution in [1.82, 2.24) is 0 Å². The number of hydrogen-bond donors (Lipinski definition) is 1. The van der Waals surface area contributed by atoms with Crippen LogP contribution in [-0.2, 0) is 9.53 Å². The standard InChI is InChI=1S/C20H23NO5S/c1-5-26-20(23)14-7-6-8-15(11-14)21-19(22)13(2)27-16-9-10-17(24-3)18(12-16)25-4/h6-13H,5H2,1-4H3,(H,21,22)/t13-/m1/s1. The SMILES string of the molecule is CCOC(=O)c1cccc(NC(=O)[C@@H](C)Sc2ccc(OC)c(OC)c2)c1. The Hall–Kier alpha value is -2.67. The van der Waals surface area contributed by atoms with Crippen LogP contribution < -0.4 is 14.8 Å². The number of thioether (sulfide) groups is 1. The molecule has 1 amide bonds. The Bertz CT molecular complexity index is 809. The first-order chi connectivity index (χ1) is 13.0. The van der Waals surface area contributed by atoms with Crippen molar-refractivity contribution in [3.63, 3.8) is 0 Å². The van der Waals surface area contributed by atoms with Crippen LogP contribution in [0, 0.1) is 0 Å². The second-order valence-corrected chi connectivity index (χ2v) is 6.98. The molecule has 0 unspecified atom stereocenters. The van der Waals surface area contributed by atoms with Crippen molar-refractivity contribution in [3.8, 4) is 11.5 Å². The maximum atomic E-state index is 12.5. The summed E-state index contributed by atoms with van der Waals surface area (Å²) >= 11 is 1.40. The van der Waals surface area contributed by atoms with Gasteiger partial charge in [0.05, 0.1) is 31.6 Å². The third kappa shape index (κ3) is 5.65. The molecule has 0 heterocycles. The van der Waals surface area contributed by atoms with Crippen molar-refractivity contribution < 1.29 is 23.8 Å². The van der Waals surface area contributed by atoms with Crippen LogP contribution in [0.5, 0.6) is 11.5 Å². The lowest BCUT2D eigenvalue weighted by molar-refractivity contribution is -0.115. The van der Waals surface area contributed by atoms with Gasteiger partial charge in [-0.3, -0.25) is 4.79 Å². The third-order valence-electron chi connectivity index (χ3n) is 3.68. The van der Waals surface area contributed by atoms with E-state index in [0.29, 0.717) is 29.4 Å². The average molecular weight is 389 g/mol. The maximum absolute atomic E-state index is 12.5. The van der Waals surface area contributed by atoms with Gasteiger partial charge in [0.15, 0.2) is 11.5 Å². The van der Waals surface area contributed by atoms with Gasteiger partial charge in [-0.15, -0.1) is 11.8 Å². The summed E-state index contributed by atoms with van der Waals surface area (Å²) in [5.74, 6) is 0.657. The van der Waals surface area contributed by atoms with E-state index in [-0.39, 0.29) is 11.2 Å². The first-order valence-electron chi connectivity index (χ1n) is 8.45. The van der Waals surface area contributed by atoms with Crippen molar-refractivity contribution >= 4 is 29.3 Å². The molecule has 2 aromatic carbocycles. The van der Waals surface area contributed by atoms with Gasteiger partial charge in [-0.25, -0.2) is 4.79 Å². The summed E-state index contributed by atoms with van der Waals surface area (Å²) in [6, 6.07) is 12.2. The highest BCUT2D eigenvalue weighted by Crippen LogP contribution is 2.33. The van der Waals surface area contributed by atoms with Gasteiger partial charge in [0, 0.05) is 10.6 Å². The normalized spacial score (nSPS) is 11.4. The van der Waals surface area contributed by atoms with E-state index in [1.165, 1.54) is 11.8 Å². The van der Waals surface area contributed by atoms with Gasteiger partial charge >= 0.3 is 5.97 Å². The Morgan fingerprint density at radius 3 is 2.48 bits per heavy atom. The molecule has 0 radical (unpaired) electrons. The summed E-state index contributed by atoms with van der Waals surface area (Å²) in [5, 5.41) is 2.47. The Morgan fingerprint density at radius 1 is 1.07 bits per heavy atom. The largest absolute Gasteiger partial charge is 0.493 e. The zero-order chi connectivity index (χ0) is 19.8. The number of rotatable bonds is 8. The van der Waals surface area contributed by atoms with E-state index in [4.69, 9.17) is 14.2 Å². The van der Waals surface area contributed by atoms with Crippen molar-refractivity contribution in [2.24, 2.45) is 0 Å². The van der Waals surface area contributed by atoms with E-state index in [9.17, 15) is 9.59 Å². The van der Waals surface area contributed by atoms with E-state index < -0.39 is 5.97 Å². The van der Waals surface area contributed by atoms with Crippen LogP contribution in [0.1, 0.15) is 24.2 Å². The first kappa shape index (κ1) is 20.6. The van der Waals surface area contributed by atoms with Crippen molar-refractivity contribution in [3.05, 3.63) is 48.0 Å². The minimum absolute atomic E-state index is 0.171. The zero-order valence-electron chi connectivity index (χ0n) is 15.8. The molecule has 2 aromatic rings. The Morgan fingerprint density at radius 2 is 1.81 bits per heavy atom. The number of anilines is 1. The lowest BCUT2D eigenvalue weighted by Crippen LogP contribution is -2.22. The maximum Gasteiger partial charge on any atom is 0.338 e. The molecule has 144 valence electrons. The van der Waals surface area contributed by atoms with Gasteiger partial charge in [0.2, 0.25) is 5.91 Å². The van der Waals surface area contributed by atoms with Crippen molar-refractivity contribution in [2.45, 2.75) is 24.0 Å². The Balaban J connectivity index is 2.04. The number of carbonyl (C=O) groups is 2. The molecule has 0 spiro atoms. The fourth-order valence-corrected chi connectivity index (χ4v) is 3.23. The number of amides is 1. The Kier molecular flexibility index (Phi) is 7.55. The quantitative estimate of drug-likeness (QED) is 0.543. The van der Waals surface area contributed by atoms with Crippen LogP contribution in [0.15, 0.2) is 47.4 Å². The number of hydrogen-bond acceptors (Lipinski definition) is 6. The molecule has 2 rings (SSSR count). The van der Waals surface area contributed by atoms with Crippen molar-refractivity contribution in [2.75, 3.05) is 26.1 Å². The minimum atomic E-state index is -0.415. The summed E-state index contributed by atoms with van der Waals surface area (Å²) in [6.07, 6.45) is 0. The number of benzene rings is 2. The fourth-order valence-electron chi connectivity index (χ4n) is 2.33. The molecule has 6 nitrogen and oxygen atoms in total. The second-order valence-electron chi connectivity index (χ2n) is 5.57. The van der Waals surface area contributed by atoms with E-state index in [2.05, 4.69) is 5.32 Å². The molecule has 0 fully saturated rings.